The lowest BCUT2D eigenvalue weighted by molar-refractivity contribution is -0.123. The number of hydrogen-bond acceptors (Lipinski definition) is 4. The molecular weight excluding hydrogens is 298 g/mol. The minimum atomic E-state index is -0.119. The molecule has 2 heterocycles. The van der Waals surface area contributed by atoms with Crippen molar-refractivity contribution in [2.45, 2.75) is 50.3 Å². The average Bonchev–Trinajstić information content (AvgIpc) is 3.02. The van der Waals surface area contributed by atoms with Crippen LogP contribution in [0.25, 0.3) is 9.40 Å². The van der Waals surface area contributed by atoms with Crippen LogP contribution in [-0.4, -0.2) is 16.7 Å². The highest BCUT2D eigenvalue weighted by Gasteiger charge is 2.56. The molecule has 0 radical (unpaired) electrons. The predicted molar refractivity (Wildman–Crippen MR) is 88.8 cm³/mol. The van der Waals surface area contributed by atoms with Gasteiger partial charge in [0, 0.05) is 22.3 Å². The molecule has 2 nitrogen and oxygen atoms in total. The summed E-state index contributed by atoms with van der Waals surface area (Å²) in [4.78, 5) is 1.42. The van der Waals surface area contributed by atoms with E-state index in [9.17, 15) is 5.11 Å². The van der Waals surface area contributed by atoms with Crippen molar-refractivity contribution in [2.24, 2.45) is 17.8 Å². The zero-order chi connectivity index (χ0) is 14.0. The summed E-state index contributed by atoms with van der Waals surface area (Å²) in [6.45, 7) is 0.926. The molecule has 0 amide bonds. The van der Waals surface area contributed by atoms with E-state index < -0.39 is 0 Å². The average molecular weight is 319 g/mol. The summed E-state index contributed by atoms with van der Waals surface area (Å²) in [6.07, 6.45) is 6.24. The Kier molecular flexibility index (Phi) is 2.82. The van der Waals surface area contributed by atoms with Gasteiger partial charge in [-0.05, 0) is 67.4 Å². The number of fused-ring (bicyclic) bond motifs is 1. The summed E-state index contributed by atoms with van der Waals surface area (Å²) in [5, 5.41) is 18.2. The van der Waals surface area contributed by atoms with Gasteiger partial charge in [-0.15, -0.1) is 22.7 Å². The van der Waals surface area contributed by atoms with Gasteiger partial charge in [-0.3, -0.25) is 0 Å². The largest absolute Gasteiger partial charge is 0.391 e. The first-order valence-electron chi connectivity index (χ1n) is 8.11. The second-order valence-corrected chi connectivity index (χ2v) is 9.75. The predicted octanol–water partition coefficient (Wildman–Crippen LogP) is 3.99. The molecule has 3 unspecified atom stereocenters. The minimum Gasteiger partial charge on any atom is -0.391 e. The van der Waals surface area contributed by atoms with E-state index in [-0.39, 0.29) is 11.6 Å². The second-order valence-electron chi connectivity index (χ2n) is 7.44. The Balaban J connectivity index is 1.38. The Labute approximate surface area is 133 Å². The van der Waals surface area contributed by atoms with Crippen molar-refractivity contribution in [1.29, 1.82) is 0 Å². The Hall–Kier alpha value is -0.420. The molecule has 0 spiro atoms. The van der Waals surface area contributed by atoms with E-state index >= 15 is 0 Å². The summed E-state index contributed by atoms with van der Waals surface area (Å²) in [5.41, 5.74) is 0.0200. The van der Waals surface area contributed by atoms with Gasteiger partial charge < -0.3 is 10.4 Å². The Morgan fingerprint density at radius 3 is 2.81 bits per heavy atom. The maximum Gasteiger partial charge on any atom is 0.0868 e. The van der Waals surface area contributed by atoms with Crippen molar-refractivity contribution in [3.8, 4) is 0 Å². The van der Waals surface area contributed by atoms with Crippen LogP contribution in [0.5, 0.6) is 0 Å². The molecule has 4 bridgehead atoms. The molecule has 2 aromatic rings. The van der Waals surface area contributed by atoms with Crippen molar-refractivity contribution >= 4 is 32.1 Å². The topological polar surface area (TPSA) is 32.3 Å². The lowest BCUT2D eigenvalue weighted by Gasteiger charge is -2.59. The number of aliphatic hydroxyl groups is 1. The molecule has 4 aliphatic carbocycles. The maximum atomic E-state index is 10.8. The van der Waals surface area contributed by atoms with E-state index in [1.165, 1.54) is 46.4 Å². The monoisotopic (exact) mass is 319 g/mol. The molecule has 4 saturated carbocycles. The van der Waals surface area contributed by atoms with Gasteiger partial charge in [0.1, 0.15) is 0 Å². The normalized spacial score (nSPS) is 41.2. The fourth-order valence-electron chi connectivity index (χ4n) is 5.43. The molecule has 0 saturated heterocycles. The fourth-order valence-corrected chi connectivity index (χ4v) is 7.52. The molecular formula is C17H21NOS2. The number of hydrogen-bond donors (Lipinski definition) is 2. The van der Waals surface area contributed by atoms with Crippen molar-refractivity contribution in [3.05, 3.63) is 22.4 Å². The third-order valence-electron chi connectivity index (χ3n) is 6.07. The standard InChI is InChI=1S/C17H21NOS2/c19-15-13-4-10-3-11(5-13)8-17(15,7-10)18-9-14-6-12-1-2-20-16(12)21-14/h1-2,6,10-11,13,15,18-19H,3-5,7-9H2. The third kappa shape index (κ3) is 1.96. The van der Waals surface area contributed by atoms with Crippen LogP contribution in [-0.2, 0) is 6.54 Å². The molecule has 2 N–H and O–H groups in total. The summed E-state index contributed by atoms with van der Waals surface area (Å²) < 4.78 is 1.43. The van der Waals surface area contributed by atoms with E-state index in [4.69, 9.17) is 0 Å². The van der Waals surface area contributed by atoms with Crippen LogP contribution >= 0.6 is 22.7 Å². The van der Waals surface area contributed by atoms with Crippen LogP contribution in [0, 0.1) is 17.8 Å². The zero-order valence-corrected chi connectivity index (χ0v) is 13.7. The minimum absolute atomic E-state index is 0.0200. The van der Waals surface area contributed by atoms with Crippen LogP contribution in [0.15, 0.2) is 17.5 Å². The van der Waals surface area contributed by atoms with Crippen LogP contribution in [0.4, 0.5) is 0 Å². The van der Waals surface area contributed by atoms with Crippen LogP contribution in [0.3, 0.4) is 0 Å². The van der Waals surface area contributed by atoms with Crippen LogP contribution in [0.2, 0.25) is 0 Å². The van der Waals surface area contributed by atoms with E-state index in [0.29, 0.717) is 5.92 Å². The van der Waals surface area contributed by atoms with Crippen molar-refractivity contribution < 1.29 is 5.11 Å². The maximum absolute atomic E-state index is 10.8. The molecule has 0 aliphatic heterocycles. The molecule has 4 aliphatic rings. The first-order valence-corrected chi connectivity index (χ1v) is 9.80. The summed E-state index contributed by atoms with van der Waals surface area (Å²) in [6, 6.07) is 4.52. The Morgan fingerprint density at radius 2 is 2.05 bits per heavy atom. The molecule has 3 atom stereocenters. The fraction of sp³-hybridized carbons (Fsp3) is 0.647. The summed E-state index contributed by atoms with van der Waals surface area (Å²) >= 11 is 3.74. The van der Waals surface area contributed by atoms with E-state index in [0.717, 1.165) is 18.4 Å². The quantitative estimate of drug-likeness (QED) is 0.896. The summed E-state index contributed by atoms with van der Waals surface area (Å²) in [5.74, 6) is 2.30. The SMILES string of the molecule is OC1C2CC3CC(C2)CC1(NCc1cc2ccsc2s1)C3. The van der Waals surface area contributed by atoms with Gasteiger partial charge in [-0.1, -0.05) is 0 Å². The smallest absolute Gasteiger partial charge is 0.0868 e. The molecule has 4 heteroatoms. The number of aliphatic hydroxyl groups excluding tert-OH is 1. The zero-order valence-electron chi connectivity index (χ0n) is 12.0. The molecule has 4 fully saturated rings. The third-order valence-corrected chi connectivity index (χ3v) is 8.28. The second kappa shape index (κ2) is 4.54. The lowest BCUT2D eigenvalue weighted by atomic mass is 9.51. The number of nitrogens with one attached hydrogen (secondary N) is 1. The molecule has 0 aromatic carbocycles. The number of thiophene rings is 2. The highest BCUT2D eigenvalue weighted by Crippen LogP contribution is 2.55. The Morgan fingerprint density at radius 1 is 1.24 bits per heavy atom. The molecule has 21 heavy (non-hydrogen) atoms. The van der Waals surface area contributed by atoms with Crippen LogP contribution < -0.4 is 5.32 Å². The van der Waals surface area contributed by atoms with Gasteiger partial charge in [0.05, 0.1) is 10.1 Å². The van der Waals surface area contributed by atoms with Gasteiger partial charge in [0.25, 0.3) is 0 Å². The van der Waals surface area contributed by atoms with Gasteiger partial charge in [0.15, 0.2) is 0 Å². The Bertz CT molecular complexity index is 633. The molecule has 2 aromatic heterocycles. The van der Waals surface area contributed by atoms with Gasteiger partial charge in [0.2, 0.25) is 0 Å². The number of rotatable bonds is 3. The van der Waals surface area contributed by atoms with E-state index in [2.05, 4.69) is 22.8 Å². The highest BCUT2D eigenvalue weighted by atomic mass is 32.2. The summed E-state index contributed by atoms with van der Waals surface area (Å²) in [7, 11) is 0. The van der Waals surface area contributed by atoms with Gasteiger partial charge in [-0.25, -0.2) is 0 Å². The highest BCUT2D eigenvalue weighted by molar-refractivity contribution is 7.37. The first-order chi connectivity index (χ1) is 10.2. The van der Waals surface area contributed by atoms with Crippen LogP contribution in [0.1, 0.15) is 37.0 Å². The van der Waals surface area contributed by atoms with E-state index in [1.54, 1.807) is 0 Å². The first kappa shape index (κ1) is 13.1. The van der Waals surface area contributed by atoms with Crippen molar-refractivity contribution in [3.63, 3.8) is 0 Å². The van der Waals surface area contributed by atoms with Gasteiger partial charge >= 0.3 is 0 Å². The lowest BCUT2D eigenvalue weighted by Crippen LogP contribution is -2.66. The van der Waals surface area contributed by atoms with Crippen molar-refractivity contribution in [2.75, 3.05) is 0 Å². The van der Waals surface area contributed by atoms with Crippen molar-refractivity contribution in [1.82, 2.24) is 5.32 Å². The molecule has 6 rings (SSSR count). The van der Waals surface area contributed by atoms with E-state index in [1.807, 2.05) is 22.7 Å². The van der Waals surface area contributed by atoms with Gasteiger partial charge in [-0.2, -0.15) is 0 Å². The molecule has 112 valence electrons.